The van der Waals surface area contributed by atoms with Crippen LogP contribution >= 0.6 is 0 Å². The highest BCUT2D eigenvalue weighted by Crippen LogP contribution is 2.29. The molecule has 0 aromatic heterocycles. The van der Waals surface area contributed by atoms with Gasteiger partial charge < -0.3 is 14.8 Å². The van der Waals surface area contributed by atoms with Gasteiger partial charge in [0.25, 0.3) is 0 Å². The van der Waals surface area contributed by atoms with Crippen LogP contribution in [0.3, 0.4) is 0 Å². The number of rotatable bonds is 6. The molecule has 2 aromatic carbocycles. The summed E-state index contributed by atoms with van der Waals surface area (Å²) in [7, 11) is 1.71. The summed E-state index contributed by atoms with van der Waals surface area (Å²) < 4.78 is 38.4. The maximum absolute atomic E-state index is 13.9. The molecule has 0 unspecified atom stereocenters. The maximum atomic E-state index is 13.9. The van der Waals surface area contributed by atoms with Crippen LogP contribution in [0.5, 0.6) is 17.2 Å². The Hall–Kier alpha value is -2.14. The molecule has 2 aromatic rings. The fourth-order valence-electron chi connectivity index (χ4n) is 1.90. The zero-order valence-electron chi connectivity index (χ0n) is 12.0. The zero-order valence-corrected chi connectivity index (χ0v) is 12.0. The van der Waals surface area contributed by atoms with Crippen LogP contribution in [0.4, 0.5) is 8.78 Å². The SMILES string of the molecule is CCOc1ccc(Oc2c(F)cc(CNC)cc2F)cc1. The third kappa shape index (κ3) is 3.92. The molecule has 0 heterocycles. The van der Waals surface area contributed by atoms with Gasteiger partial charge in [0, 0.05) is 6.54 Å². The number of ether oxygens (including phenoxy) is 2. The molecule has 0 aliphatic rings. The lowest BCUT2D eigenvalue weighted by molar-refractivity contribution is 0.339. The van der Waals surface area contributed by atoms with E-state index in [0.29, 0.717) is 30.2 Å². The molecular weight excluding hydrogens is 276 g/mol. The maximum Gasteiger partial charge on any atom is 0.198 e. The van der Waals surface area contributed by atoms with Crippen molar-refractivity contribution in [2.75, 3.05) is 13.7 Å². The van der Waals surface area contributed by atoms with Crippen LogP contribution in [-0.2, 0) is 6.54 Å². The van der Waals surface area contributed by atoms with E-state index >= 15 is 0 Å². The molecule has 0 spiro atoms. The van der Waals surface area contributed by atoms with Crippen LogP contribution < -0.4 is 14.8 Å². The molecule has 0 fully saturated rings. The van der Waals surface area contributed by atoms with Crippen LogP contribution in [0, 0.1) is 11.6 Å². The molecule has 112 valence electrons. The number of benzene rings is 2. The summed E-state index contributed by atoms with van der Waals surface area (Å²) >= 11 is 0. The third-order valence-electron chi connectivity index (χ3n) is 2.79. The molecular formula is C16H17F2NO2. The summed E-state index contributed by atoms with van der Waals surface area (Å²) in [6, 6.07) is 9.08. The van der Waals surface area contributed by atoms with Crippen molar-refractivity contribution in [2.45, 2.75) is 13.5 Å². The molecule has 0 amide bonds. The van der Waals surface area contributed by atoms with Crippen molar-refractivity contribution in [3.63, 3.8) is 0 Å². The number of nitrogens with one attached hydrogen (secondary N) is 1. The van der Waals surface area contributed by atoms with Crippen molar-refractivity contribution in [3.05, 3.63) is 53.6 Å². The molecule has 0 atom stereocenters. The number of hydrogen-bond acceptors (Lipinski definition) is 3. The summed E-state index contributed by atoms with van der Waals surface area (Å²) in [5.74, 6) is -0.838. The van der Waals surface area contributed by atoms with Gasteiger partial charge in [-0.15, -0.1) is 0 Å². The van der Waals surface area contributed by atoms with Crippen molar-refractivity contribution in [1.29, 1.82) is 0 Å². The van der Waals surface area contributed by atoms with E-state index in [1.807, 2.05) is 6.92 Å². The zero-order chi connectivity index (χ0) is 15.2. The van der Waals surface area contributed by atoms with E-state index in [1.165, 1.54) is 12.1 Å². The van der Waals surface area contributed by atoms with Crippen molar-refractivity contribution in [1.82, 2.24) is 5.32 Å². The molecule has 0 bridgehead atoms. The Balaban J connectivity index is 2.19. The lowest BCUT2D eigenvalue weighted by atomic mass is 10.2. The molecule has 3 nitrogen and oxygen atoms in total. The minimum absolute atomic E-state index is 0.345. The molecule has 0 saturated carbocycles. The smallest absolute Gasteiger partial charge is 0.198 e. The van der Waals surface area contributed by atoms with Crippen LogP contribution in [0.15, 0.2) is 36.4 Å². The van der Waals surface area contributed by atoms with E-state index in [9.17, 15) is 8.78 Å². The highest BCUT2D eigenvalue weighted by atomic mass is 19.1. The first-order valence-electron chi connectivity index (χ1n) is 6.67. The van der Waals surface area contributed by atoms with Crippen LogP contribution in [0.25, 0.3) is 0 Å². The topological polar surface area (TPSA) is 30.5 Å². The standard InChI is InChI=1S/C16H17F2NO2/c1-3-20-12-4-6-13(7-5-12)21-16-14(17)8-11(10-19-2)9-15(16)18/h4-9,19H,3,10H2,1-2H3. The first-order valence-corrected chi connectivity index (χ1v) is 6.67. The second-order valence-electron chi connectivity index (χ2n) is 4.43. The quantitative estimate of drug-likeness (QED) is 0.877. The normalized spacial score (nSPS) is 10.5. The fourth-order valence-corrected chi connectivity index (χ4v) is 1.90. The summed E-state index contributed by atoms with van der Waals surface area (Å²) in [5.41, 5.74) is 0.520. The molecule has 0 aliphatic heterocycles. The Morgan fingerprint density at radius 2 is 1.57 bits per heavy atom. The van der Waals surface area contributed by atoms with E-state index in [1.54, 1.807) is 31.3 Å². The van der Waals surface area contributed by atoms with Crippen LogP contribution in [0.2, 0.25) is 0 Å². The van der Waals surface area contributed by atoms with Gasteiger partial charge in [-0.1, -0.05) is 0 Å². The van der Waals surface area contributed by atoms with Crippen LogP contribution in [-0.4, -0.2) is 13.7 Å². The van der Waals surface area contributed by atoms with E-state index in [4.69, 9.17) is 9.47 Å². The summed E-state index contributed by atoms with van der Waals surface area (Å²) in [5, 5.41) is 2.84. The van der Waals surface area contributed by atoms with Gasteiger partial charge in [0.2, 0.25) is 0 Å². The Bertz CT molecular complexity index is 577. The Morgan fingerprint density at radius 1 is 1.00 bits per heavy atom. The predicted molar refractivity (Wildman–Crippen MR) is 76.8 cm³/mol. The van der Waals surface area contributed by atoms with Gasteiger partial charge in [0.15, 0.2) is 17.4 Å². The van der Waals surface area contributed by atoms with Gasteiger partial charge in [-0.05, 0) is 55.9 Å². The van der Waals surface area contributed by atoms with Crippen LogP contribution in [0.1, 0.15) is 12.5 Å². The minimum atomic E-state index is -0.728. The first-order chi connectivity index (χ1) is 10.1. The molecule has 1 N–H and O–H groups in total. The lowest BCUT2D eigenvalue weighted by Gasteiger charge is -2.10. The number of halogens is 2. The monoisotopic (exact) mass is 293 g/mol. The molecule has 0 aliphatic carbocycles. The van der Waals surface area contributed by atoms with Gasteiger partial charge in [-0.3, -0.25) is 0 Å². The second kappa shape index (κ2) is 7.04. The van der Waals surface area contributed by atoms with Gasteiger partial charge in [0.1, 0.15) is 11.5 Å². The van der Waals surface area contributed by atoms with Crippen molar-refractivity contribution < 1.29 is 18.3 Å². The average Bonchev–Trinajstić information content (AvgIpc) is 2.45. The number of hydrogen-bond donors (Lipinski definition) is 1. The van der Waals surface area contributed by atoms with E-state index < -0.39 is 17.4 Å². The van der Waals surface area contributed by atoms with Crippen molar-refractivity contribution >= 4 is 0 Å². The van der Waals surface area contributed by atoms with Gasteiger partial charge >= 0.3 is 0 Å². The lowest BCUT2D eigenvalue weighted by Crippen LogP contribution is -2.06. The van der Waals surface area contributed by atoms with Gasteiger partial charge in [-0.2, -0.15) is 0 Å². The molecule has 5 heteroatoms. The summed E-state index contributed by atoms with van der Waals surface area (Å²) in [4.78, 5) is 0. The fraction of sp³-hybridized carbons (Fsp3) is 0.250. The Kier molecular flexibility index (Phi) is 5.11. The van der Waals surface area contributed by atoms with Crippen molar-refractivity contribution in [3.8, 4) is 17.2 Å². The molecule has 2 rings (SSSR count). The highest BCUT2D eigenvalue weighted by Gasteiger charge is 2.13. The van der Waals surface area contributed by atoms with E-state index in [0.717, 1.165) is 0 Å². The highest BCUT2D eigenvalue weighted by molar-refractivity contribution is 5.38. The van der Waals surface area contributed by atoms with Gasteiger partial charge in [-0.25, -0.2) is 8.78 Å². The molecule has 0 saturated heterocycles. The Morgan fingerprint density at radius 3 is 2.10 bits per heavy atom. The first kappa shape index (κ1) is 15.3. The largest absolute Gasteiger partial charge is 0.494 e. The minimum Gasteiger partial charge on any atom is -0.494 e. The summed E-state index contributed by atoms with van der Waals surface area (Å²) in [6.45, 7) is 2.81. The average molecular weight is 293 g/mol. The predicted octanol–water partition coefficient (Wildman–Crippen LogP) is 3.88. The Labute approximate surface area is 122 Å². The van der Waals surface area contributed by atoms with E-state index in [-0.39, 0.29) is 0 Å². The molecule has 0 radical (unpaired) electrons. The third-order valence-corrected chi connectivity index (χ3v) is 2.79. The van der Waals surface area contributed by atoms with Crippen molar-refractivity contribution in [2.24, 2.45) is 0 Å². The van der Waals surface area contributed by atoms with Gasteiger partial charge in [0.05, 0.1) is 6.61 Å². The second-order valence-corrected chi connectivity index (χ2v) is 4.43. The molecule has 21 heavy (non-hydrogen) atoms. The summed E-state index contributed by atoms with van der Waals surface area (Å²) in [6.07, 6.45) is 0. The van der Waals surface area contributed by atoms with E-state index in [2.05, 4.69) is 5.32 Å².